The normalized spacial score (nSPS) is 12.1. The molecular formula is C20H20F3N5O. The standard InChI is InChI=1S/C20H20F3N5O/c1-12-13(8-9-14(25-12)20(21,22)23)18(29)26-17-11-15(19(2,3)4)27-28(17)16-7-5-6-10-24-16/h5-11H,1-4H3,(H,26,29). The van der Waals surface area contributed by atoms with Crippen LogP contribution in [0.5, 0.6) is 0 Å². The van der Waals surface area contributed by atoms with Crippen LogP contribution in [0, 0.1) is 6.92 Å². The van der Waals surface area contributed by atoms with Gasteiger partial charge in [-0.25, -0.2) is 9.97 Å². The second-order valence-corrected chi connectivity index (χ2v) is 7.55. The van der Waals surface area contributed by atoms with Crippen LogP contribution < -0.4 is 5.32 Å². The largest absolute Gasteiger partial charge is 0.433 e. The van der Waals surface area contributed by atoms with Crippen molar-refractivity contribution in [3.63, 3.8) is 0 Å². The molecule has 1 amide bonds. The molecule has 0 aliphatic rings. The van der Waals surface area contributed by atoms with Crippen LogP contribution in [0.1, 0.15) is 48.2 Å². The van der Waals surface area contributed by atoms with Gasteiger partial charge in [0.25, 0.3) is 5.91 Å². The summed E-state index contributed by atoms with van der Waals surface area (Å²) in [5.74, 6) is 0.278. The van der Waals surface area contributed by atoms with Crippen LogP contribution in [-0.4, -0.2) is 25.7 Å². The van der Waals surface area contributed by atoms with Gasteiger partial charge >= 0.3 is 6.18 Å². The van der Waals surface area contributed by atoms with Gasteiger partial charge in [-0.2, -0.15) is 23.0 Å². The average molecular weight is 403 g/mol. The molecule has 0 saturated carbocycles. The average Bonchev–Trinajstić information content (AvgIpc) is 3.05. The molecule has 3 aromatic rings. The van der Waals surface area contributed by atoms with E-state index in [1.165, 1.54) is 11.6 Å². The molecule has 0 atom stereocenters. The smallest absolute Gasteiger partial charge is 0.306 e. The molecule has 152 valence electrons. The van der Waals surface area contributed by atoms with Gasteiger partial charge < -0.3 is 5.32 Å². The maximum Gasteiger partial charge on any atom is 0.433 e. The van der Waals surface area contributed by atoms with Crippen molar-refractivity contribution in [2.24, 2.45) is 0 Å². The number of nitrogens with one attached hydrogen (secondary N) is 1. The van der Waals surface area contributed by atoms with E-state index >= 15 is 0 Å². The zero-order valence-corrected chi connectivity index (χ0v) is 16.4. The minimum Gasteiger partial charge on any atom is -0.306 e. The molecule has 3 heterocycles. The first-order chi connectivity index (χ1) is 13.5. The third-order valence-electron chi connectivity index (χ3n) is 4.21. The van der Waals surface area contributed by atoms with Crippen molar-refractivity contribution < 1.29 is 18.0 Å². The number of hydrogen-bond donors (Lipinski definition) is 1. The second-order valence-electron chi connectivity index (χ2n) is 7.55. The highest BCUT2D eigenvalue weighted by molar-refractivity contribution is 6.04. The number of aromatic nitrogens is 4. The number of nitrogens with zero attached hydrogens (tertiary/aromatic N) is 4. The van der Waals surface area contributed by atoms with Gasteiger partial charge in [0.2, 0.25) is 0 Å². The molecule has 0 aliphatic heterocycles. The number of anilines is 1. The number of aryl methyl sites for hydroxylation is 1. The summed E-state index contributed by atoms with van der Waals surface area (Å²) in [7, 11) is 0. The Morgan fingerprint density at radius 2 is 1.79 bits per heavy atom. The number of carbonyl (C=O) groups is 1. The Morgan fingerprint density at radius 3 is 2.34 bits per heavy atom. The van der Waals surface area contributed by atoms with E-state index in [9.17, 15) is 18.0 Å². The summed E-state index contributed by atoms with van der Waals surface area (Å²) in [5.41, 5.74) is -0.576. The van der Waals surface area contributed by atoms with Crippen molar-refractivity contribution in [2.75, 3.05) is 5.32 Å². The van der Waals surface area contributed by atoms with Crippen LogP contribution in [0.2, 0.25) is 0 Å². The van der Waals surface area contributed by atoms with Gasteiger partial charge in [-0.3, -0.25) is 4.79 Å². The fourth-order valence-electron chi connectivity index (χ4n) is 2.63. The molecule has 0 fully saturated rings. The van der Waals surface area contributed by atoms with Crippen LogP contribution in [0.15, 0.2) is 42.6 Å². The molecule has 6 nitrogen and oxygen atoms in total. The number of hydrogen-bond acceptors (Lipinski definition) is 4. The SMILES string of the molecule is Cc1nc(C(F)(F)F)ccc1C(=O)Nc1cc(C(C)(C)C)nn1-c1ccccn1. The summed E-state index contributed by atoms with van der Waals surface area (Å²) >= 11 is 0. The van der Waals surface area contributed by atoms with Crippen molar-refractivity contribution in [2.45, 2.75) is 39.3 Å². The first-order valence-corrected chi connectivity index (χ1v) is 8.85. The van der Waals surface area contributed by atoms with E-state index in [1.807, 2.05) is 20.8 Å². The van der Waals surface area contributed by atoms with Gasteiger partial charge in [0.05, 0.1) is 17.0 Å². The minimum absolute atomic E-state index is 0.0164. The highest BCUT2D eigenvalue weighted by Crippen LogP contribution is 2.29. The molecule has 0 aromatic carbocycles. The first kappa shape index (κ1) is 20.5. The molecule has 9 heteroatoms. The van der Waals surface area contributed by atoms with Crippen LogP contribution in [0.25, 0.3) is 5.82 Å². The number of pyridine rings is 2. The van der Waals surface area contributed by atoms with E-state index in [2.05, 4.69) is 20.4 Å². The lowest BCUT2D eigenvalue weighted by molar-refractivity contribution is -0.141. The summed E-state index contributed by atoms with van der Waals surface area (Å²) in [4.78, 5) is 20.5. The van der Waals surface area contributed by atoms with E-state index in [4.69, 9.17) is 0 Å². The number of alkyl halides is 3. The van der Waals surface area contributed by atoms with Crippen LogP contribution in [0.4, 0.5) is 19.0 Å². The van der Waals surface area contributed by atoms with Gasteiger partial charge in [-0.05, 0) is 31.2 Å². The Balaban J connectivity index is 1.97. The van der Waals surface area contributed by atoms with Crippen molar-refractivity contribution in [1.82, 2.24) is 19.7 Å². The third kappa shape index (κ3) is 4.44. The predicted molar refractivity (Wildman–Crippen MR) is 102 cm³/mol. The summed E-state index contributed by atoms with van der Waals surface area (Å²) in [6, 6.07) is 8.91. The van der Waals surface area contributed by atoms with Crippen molar-refractivity contribution >= 4 is 11.7 Å². The van der Waals surface area contributed by atoms with Gasteiger partial charge in [0, 0.05) is 17.7 Å². The summed E-state index contributed by atoms with van der Waals surface area (Å²) < 4.78 is 40.0. The van der Waals surface area contributed by atoms with Crippen LogP contribution in [-0.2, 0) is 11.6 Å². The quantitative estimate of drug-likeness (QED) is 0.697. The highest BCUT2D eigenvalue weighted by atomic mass is 19.4. The number of amides is 1. The Bertz CT molecular complexity index is 1040. The van der Waals surface area contributed by atoms with Gasteiger partial charge in [0.15, 0.2) is 5.82 Å². The molecule has 0 aliphatic carbocycles. The molecule has 3 aromatic heterocycles. The molecule has 29 heavy (non-hydrogen) atoms. The van der Waals surface area contributed by atoms with E-state index in [1.54, 1.807) is 30.5 Å². The highest BCUT2D eigenvalue weighted by Gasteiger charge is 2.33. The summed E-state index contributed by atoms with van der Waals surface area (Å²) in [5, 5.41) is 7.26. The molecule has 0 saturated heterocycles. The molecule has 3 rings (SSSR count). The van der Waals surface area contributed by atoms with E-state index in [-0.39, 0.29) is 16.7 Å². The number of rotatable bonds is 3. The topological polar surface area (TPSA) is 72.7 Å². The Hall–Kier alpha value is -3.23. The third-order valence-corrected chi connectivity index (χ3v) is 4.21. The summed E-state index contributed by atoms with van der Waals surface area (Å²) in [6.45, 7) is 7.30. The lowest BCUT2D eigenvalue weighted by atomic mass is 9.92. The maximum atomic E-state index is 12.8. The van der Waals surface area contributed by atoms with Crippen LogP contribution >= 0.6 is 0 Å². The molecule has 0 spiro atoms. The van der Waals surface area contributed by atoms with E-state index in [0.717, 1.165) is 17.8 Å². The molecule has 0 bridgehead atoms. The zero-order valence-electron chi connectivity index (χ0n) is 16.4. The monoisotopic (exact) mass is 403 g/mol. The lowest BCUT2D eigenvalue weighted by Crippen LogP contribution is -2.18. The van der Waals surface area contributed by atoms with E-state index in [0.29, 0.717) is 11.6 Å². The first-order valence-electron chi connectivity index (χ1n) is 8.85. The Morgan fingerprint density at radius 1 is 1.07 bits per heavy atom. The fraction of sp³-hybridized carbons (Fsp3) is 0.300. The Labute approximate surface area is 165 Å². The Kier molecular flexibility index (Phi) is 5.16. The maximum absolute atomic E-state index is 12.8. The minimum atomic E-state index is -4.57. The predicted octanol–water partition coefficient (Wildman–Crippen LogP) is 4.54. The van der Waals surface area contributed by atoms with Gasteiger partial charge in [0.1, 0.15) is 11.5 Å². The van der Waals surface area contributed by atoms with Crippen molar-refractivity contribution in [1.29, 1.82) is 0 Å². The fourth-order valence-corrected chi connectivity index (χ4v) is 2.63. The van der Waals surface area contributed by atoms with Crippen molar-refractivity contribution in [3.05, 3.63) is 65.2 Å². The van der Waals surface area contributed by atoms with Gasteiger partial charge in [-0.1, -0.05) is 26.8 Å². The summed E-state index contributed by atoms with van der Waals surface area (Å²) in [6.07, 6.45) is -2.97. The molecule has 1 N–H and O–H groups in total. The van der Waals surface area contributed by atoms with Crippen LogP contribution in [0.3, 0.4) is 0 Å². The van der Waals surface area contributed by atoms with Crippen molar-refractivity contribution in [3.8, 4) is 5.82 Å². The lowest BCUT2D eigenvalue weighted by Gasteiger charge is -2.13. The molecular weight excluding hydrogens is 383 g/mol. The molecule has 0 unspecified atom stereocenters. The van der Waals surface area contributed by atoms with E-state index < -0.39 is 17.8 Å². The number of carbonyl (C=O) groups excluding carboxylic acids is 1. The van der Waals surface area contributed by atoms with Gasteiger partial charge in [-0.15, -0.1) is 0 Å². The zero-order chi connectivity index (χ0) is 21.4. The molecule has 0 radical (unpaired) electrons. The number of halogens is 3. The second kappa shape index (κ2) is 7.31.